The Kier molecular flexibility index (Phi) is 5.31. The molecule has 1 aliphatic rings. The fourth-order valence-electron chi connectivity index (χ4n) is 2.24. The third kappa shape index (κ3) is 3.89. The van der Waals surface area contributed by atoms with Gasteiger partial charge in [-0.25, -0.2) is 14.8 Å². The fraction of sp³-hybridized carbons (Fsp3) is 0.615. The van der Waals surface area contributed by atoms with Crippen LogP contribution in [0.25, 0.3) is 0 Å². The van der Waals surface area contributed by atoms with E-state index in [0.717, 1.165) is 32.5 Å². The van der Waals surface area contributed by atoms with Crippen molar-refractivity contribution in [1.82, 2.24) is 14.9 Å². The Morgan fingerprint density at radius 3 is 2.90 bits per heavy atom. The lowest BCUT2D eigenvalue weighted by molar-refractivity contribution is 0.0594. The van der Waals surface area contributed by atoms with Gasteiger partial charge < -0.3 is 15.0 Å². The molecule has 20 heavy (non-hydrogen) atoms. The summed E-state index contributed by atoms with van der Waals surface area (Å²) in [7, 11) is 3.48. The standard InChI is InChI=1S/C13H19BrN4O2/c1-18-5-3-9(4-6-18)7-15-12-11(13(19)20-2)17-10(14)8-16-12/h8-9H,3-7H2,1-2H3,(H,15,16). The van der Waals surface area contributed by atoms with Crippen molar-refractivity contribution >= 4 is 27.7 Å². The number of anilines is 1. The van der Waals surface area contributed by atoms with Crippen LogP contribution in [0.3, 0.4) is 0 Å². The molecular formula is C13H19BrN4O2. The molecule has 1 aromatic rings. The highest BCUT2D eigenvalue weighted by molar-refractivity contribution is 9.10. The zero-order valence-corrected chi connectivity index (χ0v) is 13.3. The van der Waals surface area contributed by atoms with Gasteiger partial charge in [-0.2, -0.15) is 0 Å². The lowest BCUT2D eigenvalue weighted by atomic mass is 9.97. The molecular weight excluding hydrogens is 324 g/mol. The van der Waals surface area contributed by atoms with Gasteiger partial charge in [-0.15, -0.1) is 0 Å². The number of esters is 1. The summed E-state index contributed by atoms with van der Waals surface area (Å²) in [4.78, 5) is 22.4. The molecule has 1 saturated heterocycles. The number of hydrogen-bond donors (Lipinski definition) is 1. The van der Waals surface area contributed by atoms with Gasteiger partial charge >= 0.3 is 5.97 Å². The number of ether oxygens (including phenoxy) is 1. The molecule has 1 aliphatic heterocycles. The number of hydrogen-bond acceptors (Lipinski definition) is 6. The van der Waals surface area contributed by atoms with Crippen LogP contribution in [0, 0.1) is 5.92 Å². The smallest absolute Gasteiger partial charge is 0.360 e. The second-order valence-corrected chi connectivity index (χ2v) is 5.82. The molecule has 1 aromatic heterocycles. The van der Waals surface area contributed by atoms with Crippen molar-refractivity contribution < 1.29 is 9.53 Å². The molecule has 0 bridgehead atoms. The second kappa shape index (κ2) is 6.99. The number of aromatic nitrogens is 2. The molecule has 0 amide bonds. The van der Waals surface area contributed by atoms with E-state index in [1.807, 2.05) is 0 Å². The van der Waals surface area contributed by atoms with E-state index in [0.29, 0.717) is 16.3 Å². The van der Waals surface area contributed by atoms with Crippen LogP contribution in [0.4, 0.5) is 5.82 Å². The topological polar surface area (TPSA) is 67.3 Å². The first-order chi connectivity index (χ1) is 9.60. The van der Waals surface area contributed by atoms with Gasteiger partial charge in [0.2, 0.25) is 0 Å². The van der Waals surface area contributed by atoms with E-state index in [2.05, 4.69) is 43.2 Å². The third-order valence-corrected chi connectivity index (χ3v) is 3.90. The van der Waals surface area contributed by atoms with Crippen LogP contribution in [0.2, 0.25) is 0 Å². The Hall–Kier alpha value is -1.21. The summed E-state index contributed by atoms with van der Waals surface area (Å²) in [6, 6.07) is 0. The first kappa shape index (κ1) is 15.2. The normalized spacial score (nSPS) is 16.9. The van der Waals surface area contributed by atoms with Crippen LogP contribution in [0.15, 0.2) is 10.8 Å². The maximum absolute atomic E-state index is 11.7. The minimum Gasteiger partial charge on any atom is -0.464 e. The number of carbonyl (C=O) groups is 1. The molecule has 1 fully saturated rings. The van der Waals surface area contributed by atoms with Crippen LogP contribution < -0.4 is 5.32 Å². The number of likely N-dealkylation sites (tertiary alicyclic amines) is 1. The summed E-state index contributed by atoms with van der Waals surface area (Å²) in [5.74, 6) is 0.603. The summed E-state index contributed by atoms with van der Waals surface area (Å²) in [6.45, 7) is 3.03. The second-order valence-electron chi connectivity index (χ2n) is 5.01. The SMILES string of the molecule is COC(=O)c1nc(Br)cnc1NCC1CCN(C)CC1. The largest absolute Gasteiger partial charge is 0.464 e. The van der Waals surface area contributed by atoms with Gasteiger partial charge in [0.1, 0.15) is 4.60 Å². The Bertz CT molecular complexity index is 475. The molecule has 0 aromatic carbocycles. The summed E-state index contributed by atoms with van der Waals surface area (Å²) < 4.78 is 5.25. The molecule has 0 radical (unpaired) electrons. The van der Waals surface area contributed by atoms with E-state index in [1.165, 1.54) is 7.11 Å². The molecule has 2 heterocycles. The quantitative estimate of drug-likeness (QED) is 0.841. The number of carbonyl (C=O) groups excluding carboxylic acids is 1. The molecule has 110 valence electrons. The molecule has 1 N–H and O–H groups in total. The van der Waals surface area contributed by atoms with Gasteiger partial charge in [-0.05, 0) is 54.8 Å². The van der Waals surface area contributed by atoms with E-state index in [4.69, 9.17) is 4.74 Å². The van der Waals surface area contributed by atoms with E-state index in [9.17, 15) is 4.79 Å². The molecule has 0 spiro atoms. The van der Waals surface area contributed by atoms with Crippen LogP contribution in [-0.4, -0.2) is 54.6 Å². The third-order valence-electron chi connectivity index (χ3n) is 3.52. The Morgan fingerprint density at radius 1 is 1.55 bits per heavy atom. The number of nitrogens with zero attached hydrogens (tertiary/aromatic N) is 3. The molecule has 2 rings (SSSR count). The van der Waals surface area contributed by atoms with E-state index >= 15 is 0 Å². The molecule has 0 aliphatic carbocycles. The molecule has 0 atom stereocenters. The number of methoxy groups -OCH3 is 1. The summed E-state index contributed by atoms with van der Waals surface area (Å²) in [5, 5.41) is 3.23. The Labute approximate surface area is 127 Å². The number of piperidine rings is 1. The number of rotatable bonds is 4. The van der Waals surface area contributed by atoms with Gasteiger partial charge in [0, 0.05) is 6.54 Å². The van der Waals surface area contributed by atoms with E-state index < -0.39 is 5.97 Å². The van der Waals surface area contributed by atoms with Crippen LogP contribution in [-0.2, 0) is 4.74 Å². The zero-order valence-electron chi connectivity index (χ0n) is 11.7. The van der Waals surface area contributed by atoms with Gasteiger partial charge in [-0.1, -0.05) is 0 Å². The number of nitrogens with one attached hydrogen (secondary N) is 1. The molecule has 0 unspecified atom stereocenters. The van der Waals surface area contributed by atoms with Gasteiger partial charge in [0.25, 0.3) is 0 Å². The van der Waals surface area contributed by atoms with Crippen molar-refractivity contribution in [2.45, 2.75) is 12.8 Å². The monoisotopic (exact) mass is 342 g/mol. The maximum Gasteiger partial charge on any atom is 0.360 e. The predicted octanol–water partition coefficient (Wildman–Crippen LogP) is 1.78. The Morgan fingerprint density at radius 2 is 2.25 bits per heavy atom. The van der Waals surface area contributed by atoms with Gasteiger partial charge in [-0.3, -0.25) is 0 Å². The van der Waals surface area contributed by atoms with Crippen LogP contribution in [0.1, 0.15) is 23.3 Å². The van der Waals surface area contributed by atoms with Gasteiger partial charge in [0.05, 0.1) is 13.3 Å². The van der Waals surface area contributed by atoms with Crippen molar-refractivity contribution in [1.29, 1.82) is 0 Å². The average molecular weight is 343 g/mol. The van der Waals surface area contributed by atoms with Crippen molar-refractivity contribution in [3.05, 3.63) is 16.5 Å². The minimum atomic E-state index is -0.482. The van der Waals surface area contributed by atoms with Crippen molar-refractivity contribution in [2.75, 3.05) is 39.1 Å². The highest BCUT2D eigenvalue weighted by atomic mass is 79.9. The van der Waals surface area contributed by atoms with Crippen LogP contribution >= 0.6 is 15.9 Å². The maximum atomic E-state index is 11.7. The predicted molar refractivity (Wildman–Crippen MR) is 79.8 cm³/mol. The van der Waals surface area contributed by atoms with E-state index in [1.54, 1.807) is 6.20 Å². The Balaban J connectivity index is 2.00. The highest BCUT2D eigenvalue weighted by Gasteiger charge is 2.19. The van der Waals surface area contributed by atoms with Crippen molar-refractivity contribution in [3.63, 3.8) is 0 Å². The van der Waals surface area contributed by atoms with Crippen LogP contribution in [0.5, 0.6) is 0 Å². The number of halogens is 1. The van der Waals surface area contributed by atoms with E-state index in [-0.39, 0.29) is 5.69 Å². The van der Waals surface area contributed by atoms with Crippen molar-refractivity contribution in [2.24, 2.45) is 5.92 Å². The summed E-state index contributed by atoms with van der Waals surface area (Å²) >= 11 is 3.21. The van der Waals surface area contributed by atoms with Gasteiger partial charge in [0.15, 0.2) is 11.5 Å². The summed E-state index contributed by atoms with van der Waals surface area (Å²) in [5.41, 5.74) is 0.217. The van der Waals surface area contributed by atoms with Crippen molar-refractivity contribution in [3.8, 4) is 0 Å². The fourth-order valence-corrected chi connectivity index (χ4v) is 2.52. The molecule has 7 heteroatoms. The minimum absolute atomic E-state index is 0.217. The molecule has 6 nitrogen and oxygen atoms in total. The first-order valence-corrected chi connectivity index (χ1v) is 7.42. The molecule has 0 saturated carbocycles. The lowest BCUT2D eigenvalue weighted by Gasteiger charge is -2.29. The lowest BCUT2D eigenvalue weighted by Crippen LogP contribution is -2.33. The average Bonchev–Trinajstić information content (AvgIpc) is 2.46. The highest BCUT2D eigenvalue weighted by Crippen LogP contribution is 2.19. The zero-order chi connectivity index (χ0) is 14.5. The first-order valence-electron chi connectivity index (χ1n) is 6.63. The summed E-state index contributed by atoms with van der Waals surface area (Å²) in [6.07, 6.45) is 3.88.